The molecule has 0 amide bonds. The summed E-state index contributed by atoms with van der Waals surface area (Å²) in [5.74, 6) is -0.603. The third-order valence-electron chi connectivity index (χ3n) is 4.92. The molecule has 5 nitrogen and oxygen atoms in total. The number of hydrogen-bond donors (Lipinski definition) is 1. The highest BCUT2D eigenvalue weighted by atomic mass is 19.1. The monoisotopic (exact) mass is 384 g/mol. The lowest BCUT2D eigenvalue weighted by Crippen LogP contribution is -2.47. The fourth-order valence-electron chi connectivity index (χ4n) is 3.35. The van der Waals surface area contributed by atoms with Crippen LogP contribution in [0.1, 0.15) is 15.9 Å². The first kappa shape index (κ1) is 20.0. The maximum Gasteiger partial charge on any atom is 0.188 e. The first-order valence-corrected chi connectivity index (χ1v) is 9.35. The van der Waals surface area contributed by atoms with Crippen molar-refractivity contribution < 1.29 is 19.0 Å². The molecule has 0 radical (unpaired) electrons. The summed E-state index contributed by atoms with van der Waals surface area (Å²) in [6.45, 7) is 4.34. The van der Waals surface area contributed by atoms with Gasteiger partial charge < -0.3 is 14.7 Å². The summed E-state index contributed by atoms with van der Waals surface area (Å²) in [7, 11) is 1.46. The van der Waals surface area contributed by atoms with Crippen molar-refractivity contribution in [2.24, 2.45) is 0 Å². The Morgan fingerprint density at radius 1 is 1.18 bits per heavy atom. The minimum Gasteiger partial charge on any atom is -0.497 e. The largest absolute Gasteiger partial charge is 0.497 e. The molecule has 0 unspecified atom stereocenters. The van der Waals surface area contributed by atoms with Gasteiger partial charge in [-0.1, -0.05) is 18.2 Å². The zero-order chi connectivity index (χ0) is 19.9. The maximum absolute atomic E-state index is 14.1. The summed E-state index contributed by atoms with van der Waals surface area (Å²) in [6, 6.07) is 12.1. The third kappa shape index (κ3) is 4.77. The summed E-state index contributed by atoms with van der Waals surface area (Å²) in [5.41, 5.74) is 1.98. The van der Waals surface area contributed by atoms with Crippen LogP contribution >= 0.6 is 0 Å². The van der Waals surface area contributed by atoms with E-state index in [9.17, 15) is 9.18 Å². The molecule has 2 aromatic rings. The number of ether oxygens (including phenoxy) is 1. The quantitative estimate of drug-likeness (QED) is 0.588. The van der Waals surface area contributed by atoms with Crippen molar-refractivity contribution in [1.82, 2.24) is 4.90 Å². The van der Waals surface area contributed by atoms with Crippen molar-refractivity contribution in [1.29, 1.82) is 0 Å². The molecule has 1 fully saturated rings. The van der Waals surface area contributed by atoms with Crippen molar-refractivity contribution in [2.75, 3.05) is 51.3 Å². The fourth-order valence-corrected chi connectivity index (χ4v) is 3.35. The number of ketones is 1. The Hall–Kier alpha value is -2.70. The van der Waals surface area contributed by atoms with E-state index in [1.165, 1.54) is 25.3 Å². The Kier molecular flexibility index (Phi) is 6.79. The van der Waals surface area contributed by atoms with Gasteiger partial charge in [-0.15, -0.1) is 0 Å². The second kappa shape index (κ2) is 9.48. The van der Waals surface area contributed by atoms with Gasteiger partial charge in [0.25, 0.3) is 0 Å². The molecule has 1 aliphatic heterocycles. The molecule has 6 heteroatoms. The van der Waals surface area contributed by atoms with Crippen LogP contribution < -0.4 is 9.64 Å². The Morgan fingerprint density at radius 2 is 1.93 bits per heavy atom. The molecule has 3 rings (SSSR count). The molecule has 1 saturated heterocycles. The molecule has 148 valence electrons. The number of nitrogens with zero attached hydrogens (tertiary/aromatic N) is 2. The molecule has 0 atom stereocenters. The number of methoxy groups -OCH3 is 1. The van der Waals surface area contributed by atoms with Gasteiger partial charge in [0.2, 0.25) is 0 Å². The highest BCUT2D eigenvalue weighted by Crippen LogP contribution is 2.24. The molecule has 2 aromatic carbocycles. The number of halogens is 1. The van der Waals surface area contributed by atoms with Crippen molar-refractivity contribution in [3.05, 3.63) is 65.5 Å². The van der Waals surface area contributed by atoms with Crippen LogP contribution in [0.15, 0.2) is 48.5 Å². The normalized spacial score (nSPS) is 15.2. The Balaban J connectivity index is 1.74. The average molecular weight is 384 g/mol. The second-order valence-corrected chi connectivity index (χ2v) is 6.65. The van der Waals surface area contributed by atoms with Crippen LogP contribution in [0.4, 0.5) is 10.1 Å². The zero-order valence-electron chi connectivity index (χ0n) is 16.0. The number of anilines is 1. The van der Waals surface area contributed by atoms with Gasteiger partial charge in [-0.05, 0) is 35.9 Å². The molecule has 28 heavy (non-hydrogen) atoms. The Labute approximate surface area is 164 Å². The number of para-hydroxylation sites is 1. The van der Waals surface area contributed by atoms with E-state index in [4.69, 9.17) is 9.84 Å². The van der Waals surface area contributed by atoms with E-state index in [1.807, 2.05) is 24.3 Å². The van der Waals surface area contributed by atoms with Crippen molar-refractivity contribution in [3.63, 3.8) is 0 Å². The average Bonchev–Trinajstić information content (AvgIpc) is 2.73. The molecule has 1 N–H and O–H groups in total. The van der Waals surface area contributed by atoms with Crippen LogP contribution in [0.25, 0.3) is 6.08 Å². The number of carbonyl (C=O) groups is 1. The lowest BCUT2D eigenvalue weighted by atomic mass is 10.1. The predicted molar refractivity (Wildman–Crippen MR) is 108 cm³/mol. The molecule has 0 bridgehead atoms. The molecular formula is C22H25FN2O3. The standard InChI is InChI=1S/C22H25FN2O3/c1-28-18-7-8-19(20(23)16-18)22(27)9-6-17-4-2-3-5-21(17)25-12-10-24(11-13-25)14-15-26/h2-9,16,26H,10-15H2,1H3/b9-6+. The minimum atomic E-state index is -0.595. The van der Waals surface area contributed by atoms with Crippen molar-refractivity contribution >= 4 is 17.5 Å². The van der Waals surface area contributed by atoms with E-state index >= 15 is 0 Å². The summed E-state index contributed by atoms with van der Waals surface area (Å²) >= 11 is 0. The number of β-amino-alcohol motifs (C(OH)–C–C–N with tert-alkyl or cyclic N) is 1. The van der Waals surface area contributed by atoms with E-state index in [-0.39, 0.29) is 18.0 Å². The van der Waals surface area contributed by atoms with Gasteiger partial charge in [0.15, 0.2) is 5.78 Å². The number of rotatable bonds is 7. The number of benzene rings is 2. The van der Waals surface area contributed by atoms with Gasteiger partial charge >= 0.3 is 0 Å². The third-order valence-corrected chi connectivity index (χ3v) is 4.92. The molecule has 1 heterocycles. The van der Waals surface area contributed by atoms with Crippen LogP contribution in [-0.2, 0) is 0 Å². The van der Waals surface area contributed by atoms with Gasteiger partial charge in [0.05, 0.1) is 19.3 Å². The van der Waals surface area contributed by atoms with E-state index in [1.54, 1.807) is 12.1 Å². The fraction of sp³-hybridized carbons (Fsp3) is 0.318. The first-order valence-electron chi connectivity index (χ1n) is 9.35. The SMILES string of the molecule is COc1ccc(C(=O)/C=C/c2ccccc2N2CCN(CCO)CC2)c(F)c1. The van der Waals surface area contributed by atoms with E-state index < -0.39 is 5.82 Å². The molecule has 0 aromatic heterocycles. The van der Waals surface area contributed by atoms with Crippen LogP contribution in [0.5, 0.6) is 5.75 Å². The van der Waals surface area contributed by atoms with E-state index in [0.29, 0.717) is 12.3 Å². The van der Waals surface area contributed by atoms with Gasteiger partial charge in [-0.2, -0.15) is 0 Å². The predicted octanol–water partition coefficient (Wildman–Crippen LogP) is 2.84. The summed E-state index contributed by atoms with van der Waals surface area (Å²) in [6.07, 6.45) is 3.15. The van der Waals surface area contributed by atoms with E-state index in [2.05, 4.69) is 9.80 Å². The lowest BCUT2D eigenvalue weighted by Gasteiger charge is -2.36. The first-order chi connectivity index (χ1) is 13.6. The number of piperazine rings is 1. The number of aliphatic hydroxyl groups is 1. The van der Waals surface area contributed by atoms with Gasteiger partial charge in [-0.25, -0.2) is 4.39 Å². The second-order valence-electron chi connectivity index (χ2n) is 6.65. The van der Waals surface area contributed by atoms with Crippen LogP contribution in [-0.4, -0.2) is 62.2 Å². The topological polar surface area (TPSA) is 53.0 Å². The highest BCUT2D eigenvalue weighted by Gasteiger charge is 2.18. The van der Waals surface area contributed by atoms with Gasteiger partial charge in [-0.3, -0.25) is 9.69 Å². The highest BCUT2D eigenvalue weighted by molar-refractivity contribution is 6.07. The van der Waals surface area contributed by atoms with Gasteiger partial charge in [0.1, 0.15) is 11.6 Å². The summed E-state index contributed by atoms with van der Waals surface area (Å²) in [4.78, 5) is 16.9. The summed E-state index contributed by atoms with van der Waals surface area (Å²) in [5, 5.41) is 9.08. The number of allylic oxidation sites excluding steroid dienone is 1. The zero-order valence-corrected chi connectivity index (χ0v) is 16.0. The van der Waals surface area contributed by atoms with Gasteiger partial charge in [0, 0.05) is 44.5 Å². The number of aliphatic hydroxyl groups excluding tert-OH is 1. The van der Waals surface area contributed by atoms with Crippen LogP contribution in [0.3, 0.4) is 0 Å². The van der Waals surface area contributed by atoms with E-state index in [0.717, 1.165) is 37.4 Å². The van der Waals surface area contributed by atoms with Crippen molar-refractivity contribution in [2.45, 2.75) is 0 Å². The molecule has 1 aliphatic rings. The molecule has 0 aliphatic carbocycles. The number of carbonyl (C=O) groups excluding carboxylic acids is 1. The van der Waals surface area contributed by atoms with Crippen molar-refractivity contribution in [3.8, 4) is 5.75 Å². The van der Waals surface area contributed by atoms with Crippen LogP contribution in [0, 0.1) is 5.82 Å². The Morgan fingerprint density at radius 3 is 2.61 bits per heavy atom. The minimum absolute atomic E-state index is 0.0205. The smallest absolute Gasteiger partial charge is 0.188 e. The molecule has 0 saturated carbocycles. The molecular weight excluding hydrogens is 359 g/mol. The van der Waals surface area contributed by atoms with Crippen LogP contribution in [0.2, 0.25) is 0 Å². The maximum atomic E-state index is 14.1. The summed E-state index contributed by atoms with van der Waals surface area (Å²) < 4.78 is 19.1. The lowest BCUT2D eigenvalue weighted by molar-refractivity contribution is 0.104. The Bertz CT molecular complexity index is 845. The molecule has 0 spiro atoms. The number of hydrogen-bond acceptors (Lipinski definition) is 5.